The molecule has 3 aromatic rings. The van der Waals surface area contributed by atoms with Crippen molar-refractivity contribution >= 4 is 5.91 Å². The third-order valence-corrected chi connectivity index (χ3v) is 3.59. The fourth-order valence-corrected chi connectivity index (χ4v) is 2.27. The van der Waals surface area contributed by atoms with Crippen molar-refractivity contribution in [3.05, 3.63) is 77.5 Å². The molecule has 3 rings (SSSR count). The number of H-pyrrole nitrogens is 1. The lowest BCUT2D eigenvalue weighted by molar-refractivity contribution is 0.0946. The van der Waals surface area contributed by atoms with Crippen LogP contribution in [0.1, 0.15) is 21.6 Å². The lowest BCUT2D eigenvalue weighted by Gasteiger charge is -2.06. The molecule has 0 unspecified atom stereocenters. The molecular formula is C18H17N3O. The van der Waals surface area contributed by atoms with Crippen LogP contribution in [0, 0.1) is 6.92 Å². The SMILES string of the molecule is Cc1ccccc1CNC(=O)c1cc(-c2ccccc2)n[nH]1. The normalized spacial score (nSPS) is 10.4. The van der Waals surface area contributed by atoms with Crippen molar-refractivity contribution in [2.75, 3.05) is 0 Å². The Hall–Kier alpha value is -2.88. The summed E-state index contributed by atoms with van der Waals surface area (Å²) in [6.45, 7) is 2.54. The van der Waals surface area contributed by atoms with E-state index in [4.69, 9.17) is 0 Å². The number of aromatic amines is 1. The van der Waals surface area contributed by atoms with E-state index in [1.54, 1.807) is 6.07 Å². The maximum absolute atomic E-state index is 12.2. The first-order chi connectivity index (χ1) is 10.7. The number of hydrogen-bond acceptors (Lipinski definition) is 2. The minimum Gasteiger partial charge on any atom is -0.347 e. The van der Waals surface area contributed by atoms with Gasteiger partial charge in [-0.3, -0.25) is 9.89 Å². The molecule has 4 nitrogen and oxygen atoms in total. The van der Waals surface area contributed by atoms with Crippen LogP contribution in [0.3, 0.4) is 0 Å². The molecule has 0 saturated heterocycles. The standard InChI is InChI=1S/C18H17N3O/c1-13-7-5-6-10-15(13)12-19-18(22)17-11-16(20-21-17)14-8-3-2-4-9-14/h2-11H,12H2,1H3,(H,19,22)(H,20,21). The van der Waals surface area contributed by atoms with Crippen molar-refractivity contribution < 1.29 is 4.79 Å². The van der Waals surface area contributed by atoms with E-state index in [-0.39, 0.29) is 5.91 Å². The largest absolute Gasteiger partial charge is 0.347 e. The molecule has 2 aromatic carbocycles. The molecule has 0 fully saturated rings. The highest BCUT2D eigenvalue weighted by atomic mass is 16.1. The van der Waals surface area contributed by atoms with Crippen LogP contribution in [0.15, 0.2) is 60.7 Å². The van der Waals surface area contributed by atoms with E-state index in [2.05, 4.69) is 15.5 Å². The summed E-state index contributed by atoms with van der Waals surface area (Å²) in [6, 6.07) is 19.5. The van der Waals surface area contributed by atoms with Gasteiger partial charge < -0.3 is 5.32 Å². The summed E-state index contributed by atoms with van der Waals surface area (Å²) >= 11 is 0. The van der Waals surface area contributed by atoms with Gasteiger partial charge in [0.1, 0.15) is 5.69 Å². The predicted octanol–water partition coefficient (Wildman–Crippen LogP) is 3.32. The summed E-state index contributed by atoms with van der Waals surface area (Å²) in [7, 11) is 0. The molecule has 0 atom stereocenters. The summed E-state index contributed by atoms with van der Waals surface area (Å²) < 4.78 is 0. The topological polar surface area (TPSA) is 57.8 Å². The molecule has 0 saturated carbocycles. The van der Waals surface area contributed by atoms with E-state index in [1.165, 1.54) is 0 Å². The zero-order valence-electron chi connectivity index (χ0n) is 12.3. The van der Waals surface area contributed by atoms with Crippen LogP contribution in [0.5, 0.6) is 0 Å². The van der Waals surface area contributed by atoms with Crippen LogP contribution in [0.4, 0.5) is 0 Å². The maximum Gasteiger partial charge on any atom is 0.269 e. The number of amides is 1. The lowest BCUT2D eigenvalue weighted by Crippen LogP contribution is -2.23. The molecule has 110 valence electrons. The summed E-state index contributed by atoms with van der Waals surface area (Å²) in [5.41, 5.74) is 4.49. The van der Waals surface area contributed by atoms with E-state index in [9.17, 15) is 4.79 Å². The number of carbonyl (C=O) groups excluding carboxylic acids is 1. The molecule has 1 aromatic heterocycles. The van der Waals surface area contributed by atoms with Gasteiger partial charge in [-0.1, -0.05) is 54.6 Å². The maximum atomic E-state index is 12.2. The monoisotopic (exact) mass is 291 g/mol. The Morgan fingerprint density at radius 3 is 2.59 bits per heavy atom. The zero-order chi connectivity index (χ0) is 15.4. The van der Waals surface area contributed by atoms with Gasteiger partial charge in [-0.2, -0.15) is 5.10 Å². The smallest absolute Gasteiger partial charge is 0.269 e. The number of aryl methyl sites for hydroxylation is 1. The fraction of sp³-hybridized carbons (Fsp3) is 0.111. The summed E-state index contributed by atoms with van der Waals surface area (Å²) in [5.74, 6) is -0.155. The van der Waals surface area contributed by atoms with Crippen molar-refractivity contribution in [3.63, 3.8) is 0 Å². The van der Waals surface area contributed by atoms with Gasteiger partial charge in [-0.25, -0.2) is 0 Å². The van der Waals surface area contributed by atoms with E-state index in [0.29, 0.717) is 12.2 Å². The average Bonchev–Trinajstić information content (AvgIpc) is 3.05. The van der Waals surface area contributed by atoms with Gasteiger partial charge in [-0.15, -0.1) is 0 Å². The number of carbonyl (C=O) groups is 1. The van der Waals surface area contributed by atoms with Gasteiger partial charge in [0.2, 0.25) is 0 Å². The number of hydrogen-bond donors (Lipinski definition) is 2. The van der Waals surface area contributed by atoms with Crippen LogP contribution in [-0.4, -0.2) is 16.1 Å². The number of nitrogens with one attached hydrogen (secondary N) is 2. The molecule has 0 spiro atoms. The molecular weight excluding hydrogens is 274 g/mol. The molecule has 0 aliphatic carbocycles. The zero-order valence-corrected chi connectivity index (χ0v) is 12.3. The van der Waals surface area contributed by atoms with Gasteiger partial charge in [0.05, 0.1) is 5.69 Å². The first kappa shape index (κ1) is 14.1. The molecule has 22 heavy (non-hydrogen) atoms. The third-order valence-electron chi connectivity index (χ3n) is 3.59. The summed E-state index contributed by atoms with van der Waals surface area (Å²) in [4.78, 5) is 12.2. The van der Waals surface area contributed by atoms with Gasteiger partial charge in [-0.05, 0) is 24.1 Å². The summed E-state index contributed by atoms with van der Waals surface area (Å²) in [6.07, 6.45) is 0. The third kappa shape index (κ3) is 3.06. The van der Waals surface area contributed by atoms with Crippen LogP contribution in [0.2, 0.25) is 0 Å². The first-order valence-corrected chi connectivity index (χ1v) is 7.17. The highest BCUT2D eigenvalue weighted by Crippen LogP contribution is 2.16. The highest BCUT2D eigenvalue weighted by molar-refractivity contribution is 5.93. The van der Waals surface area contributed by atoms with Gasteiger partial charge in [0, 0.05) is 12.1 Å². The summed E-state index contributed by atoms with van der Waals surface area (Å²) in [5, 5.41) is 9.90. The molecule has 1 amide bonds. The Kier molecular flexibility index (Phi) is 4.01. The molecule has 4 heteroatoms. The highest BCUT2D eigenvalue weighted by Gasteiger charge is 2.10. The molecule has 2 N–H and O–H groups in total. The van der Waals surface area contributed by atoms with E-state index in [1.807, 2.05) is 61.5 Å². The van der Waals surface area contributed by atoms with Gasteiger partial charge >= 0.3 is 0 Å². The Morgan fingerprint density at radius 1 is 1.09 bits per heavy atom. The number of benzene rings is 2. The van der Waals surface area contributed by atoms with Crippen LogP contribution in [0.25, 0.3) is 11.3 Å². The van der Waals surface area contributed by atoms with Crippen molar-refractivity contribution in [2.24, 2.45) is 0 Å². The van der Waals surface area contributed by atoms with E-state index < -0.39 is 0 Å². The quantitative estimate of drug-likeness (QED) is 0.774. The van der Waals surface area contributed by atoms with Crippen LogP contribution >= 0.6 is 0 Å². The Labute approximate surface area is 129 Å². The Morgan fingerprint density at radius 2 is 1.82 bits per heavy atom. The van der Waals surface area contributed by atoms with Crippen molar-refractivity contribution in [1.82, 2.24) is 15.5 Å². The minimum absolute atomic E-state index is 0.155. The second kappa shape index (κ2) is 6.26. The lowest BCUT2D eigenvalue weighted by atomic mass is 10.1. The predicted molar refractivity (Wildman–Crippen MR) is 86.4 cm³/mol. The number of rotatable bonds is 4. The van der Waals surface area contributed by atoms with Crippen molar-refractivity contribution in [2.45, 2.75) is 13.5 Å². The Balaban J connectivity index is 1.69. The van der Waals surface area contributed by atoms with Gasteiger partial charge in [0.15, 0.2) is 0 Å². The second-order valence-corrected chi connectivity index (χ2v) is 5.14. The van der Waals surface area contributed by atoms with Crippen molar-refractivity contribution in [1.29, 1.82) is 0 Å². The van der Waals surface area contributed by atoms with Crippen molar-refractivity contribution in [3.8, 4) is 11.3 Å². The second-order valence-electron chi connectivity index (χ2n) is 5.14. The Bertz CT molecular complexity index is 778. The molecule has 0 bridgehead atoms. The van der Waals surface area contributed by atoms with Gasteiger partial charge in [0.25, 0.3) is 5.91 Å². The molecule has 0 aliphatic heterocycles. The molecule has 0 radical (unpaired) electrons. The first-order valence-electron chi connectivity index (χ1n) is 7.17. The number of nitrogens with zero attached hydrogens (tertiary/aromatic N) is 1. The number of aromatic nitrogens is 2. The van der Waals surface area contributed by atoms with Crippen LogP contribution in [-0.2, 0) is 6.54 Å². The molecule has 1 heterocycles. The van der Waals surface area contributed by atoms with Crippen LogP contribution < -0.4 is 5.32 Å². The fourth-order valence-electron chi connectivity index (χ4n) is 2.27. The molecule has 0 aliphatic rings. The minimum atomic E-state index is -0.155. The average molecular weight is 291 g/mol. The van der Waals surface area contributed by atoms with E-state index in [0.717, 1.165) is 22.4 Å². The van der Waals surface area contributed by atoms with E-state index >= 15 is 0 Å².